The highest BCUT2D eigenvalue weighted by Crippen LogP contribution is 2.42. The van der Waals surface area contributed by atoms with E-state index < -0.39 is 0 Å². The zero-order valence-electron chi connectivity index (χ0n) is 12.6. The Hall–Kier alpha value is -0.870. The summed E-state index contributed by atoms with van der Waals surface area (Å²) in [6.07, 6.45) is 9.03. The summed E-state index contributed by atoms with van der Waals surface area (Å²) in [6.45, 7) is 0.691. The number of carbonyl (C=O) groups excluding carboxylic acids is 1. The van der Waals surface area contributed by atoms with E-state index in [1.54, 1.807) is 11.3 Å². The number of carbonyl (C=O) groups is 1. The van der Waals surface area contributed by atoms with Crippen LogP contribution in [0.4, 0.5) is 0 Å². The van der Waals surface area contributed by atoms with Gasteiger partial charge in [-0.05, 0) is 49.6 Å². The van der Waals surface area contributed by atoms with Gasteiger partial charge in [0.2, 0.25) is 5.91 Å². The second-order valence-electron chi connectivity index (χ2n) is 6.63. The normalized spacial score (nSPS) is 28.4. The van der Waals surface area contributed by atoms with Crippen LogP contribution in [-0.2, 0) is 10.2 Å². The lowest BCUT2D eigenvalue weighted by Crippen LogP contribution is -2.50. The van der Waals surface area contributed by atoms with Crippen molar-refractivity contribution < 1.29 is 4.79 Å². The molecule has 1 heterocycles. The van der Waals surface area contributed by atoms with Crippen molar-refractivity contribution in [1.82, 2.24) is 5.32 Å². The van der Waals surface area contributed by atoms with Crippen molar-refractivity contribution in [3.8, 4) is 0 Å². The average Bonchev–Trinajstić information content (AvgIpc) is 3.19. The fourth-order valence-corrected chi connectivity index (χ4v) is 5.09. The van der Waals surface area contributed by atoms with Gasteiger partial charge in [0.05, 0.1) is 5.41 Å². The molecule has 3 rings (SSSR count). The van der Waals surface area contributed by atoms with Crippen LogP contribution in [0.5, 0.6) is 0 Å². The topological polar surface area (TPSA) is 55.1 Å². The van der Waals surface area contributed by atoms with Gasteiger partial charge in [0.15, 0.2) is 0 Å². The maximum atomic E-state index is 13.1. The monoisotopic (exact) mass is 306 g/mol. The molecule has 1 amide bonds. The molecule has 3 nitrogen and oxygen atoms in total. The number of thiophene rings is 1. The Labute approximate surface area is 131 Å². The Morgan fingerprint density at radius 2 is 2.10 bits per heavy atom. The summed E-state index contributed by atoms with van der Waals surface area (Å²) >= 11 is 1.74. The van der Waals surface area contributed by atoms with E-state index in [0.717, 1.165) is 38.5 Å². The number of hydrogen-bond acceptors (Lipinski definition) is 3. The van der Waals surface area contributed by atoms with E-state index in [1.807, 2.05) is 0 Å². The Kier molecular flexibility index (Phi) is 4.65. The largest absolute Gasteiger partial charge is 0.352 e. The molecule has 4 heteroatoms. The molecule has 2 aliphatic rings. The number of hydrogen-bond donors (Lipinski definition) is 2. The Balaban J connectivity index is 1.78. The average molecular weight is 306 g/mol. The van der Waals surface area contributed by atoms with Gasteiger partial charge in [0.25, 0.3) is 0 Å². The second-order valence-corrected chi connectivity index (χ2v) is 7.57. The zero-order chi connectivity index (χ0) is 14.7. The van der Waals surface area contributed by atoms with Crippen molar-refractivity contribution in [2.75, 3.05) is 6.54 Å². The molecule has 0 aliphatic heterocycles. The molecular weight excluding hydrogens is 280 g/mol. The summed E-state index contributed by atoms with van der Waals surface area (Å²) in [6, 6.07) is 4.51. The van der Waals surface area contributed by atoms with Crippen molar-refractivity contribution in [2.45, 2.75) is 62.8 Å². The molecule has 21 heavy (non-hydrogen) atoms. The van der Waals surface area contributed by atoms with E-state index in [4.69, 9.17) is 5.73 Å². The molecule has 2 fully saturated rings. The van der Waals surface area contributed by atoms with Gasteiger partial charge in [0, 0.05) is 10.9 Å². The molecule has 116 valence electrons. The summed E-state index contributed by atoms with van der Waals surface area (Å²) in [7, 11) is 0. The zero-order valence-corrected chi connectivity index (χ0v) is 13.5. The molecule has 0 aromatic carbocycles. The van der Waals surface area contributed by atoms with Crippen LogP contribution >= 0.6 is 11.3 Å². The summed E-state index contributed by atoms with van der Waals surface area (Å²) in [5, 5.41) is 5.46. The molecule has 2 saturated carbocycles. The van der Waals surface area contributed by atoms with Gasteiger partial charge in [-0.15, -0.1) is 11.3 Å². The van der Waals surface area contributed by atoms with Crippen LogP contribution in [0.15, 0.2) is 17.5 Å². The quantitative estimate of drug-likeness (QED) is 0.897. The van der Waals surface area contributed by atoms with E-state index in [0.29, 0.717) is 18.5 Å². The van der Waals surface area contributed by atoms with Gasteiger partial charge in [0.1, 0.15) is 0 Å². The van der Waals surface area contributed by atoms with Crippen LogP contribution in [0, 0.1) is 5.92 Å². The number of nitrogens with two attached hydrogens (primary N) is 1. The molecule has 0 saturated heterocycles. The molecule has 2 atom stereocenters. The van der Waals surface area contributed by atoms with Gasteiger partial charge < -0.3 is 11.1 Å². The lowest BCUT2D eigenvalue weighted by atomic mass is 9.72. The summed E-state index contributed by atoms with van der Waals surface area (Å²) < 4.78 is 0. The van der Waals surface area contributed by atoms with Crippen molar-refractivity contribution >= 4 is 17.2 Å². The maximum absolute atomic E-state index is 13.1. The van der Waals surface area contributed by atoms with Crippen LogP contribution in [0.2, 0.25) is 0 Å². The first kappa shape index (κ1) is 15.0. The second kappa shape index (κ2) is 6.49. The number of nitrogens with one attached hydrogen (secondary N) is 1. The fourth-order valence-electron chi connectivity index (χ4n) is 4.11. The van der Waals surface area contributed by atoms with E-state index in [2.05, 4.69) is 22.8 Å². The minimum atomic E-state index is -0.270. The van der Waals surface area contributed by atoms with Gasteiger partial charge in [-0.1, -0.05) is 31.7 Å². The molecule has 1 aromatic heterocycles. The van der Waals surface area contributed by atoms with E-state index in [1.165, 1.54) is 17.7 Å². The Bertz CT molecular complexity index is 465. The van der Waals surface area contributed by atoms with Gasteiger partial charge in [-0.3, -0.25) is 4.79 Å². The molecule has 0 spiro atoms. The van der Waals surface area contributed by atoms with Gasteiger partial charge >= 0.3 is 0 Å². The molecule has 2 unspecified atom stereocenters. The maximum Gasteiger partial charge on any atom is 0.231 e. The molecule has 3 N–H and O–H groups in total. The molecule has 0 radical (unpaired) electrons. The smallest absolute Gasteiger partial charge is 0.231 e. The predicted octanol–water partition coefficient (Wildman–Crippen LogP) is 3.19. The third kappa shape index (κ3) is 2.88. The highest BCUT2D eigenvalue weighted by molar-refractivity contribution is 7.10. The SMILES string of the molecule is NCC1CCCC1NC(=O)C1(c2cccs2)CCCCC1. The van der Waals surface area contributed by atoms with E-state index in [-0.39, 0.29) is 11.3 Å². The highest BCUT2D eigenvalue weighted by Gasteiger charge is 2.43. The van der Waals surface area contributed by atoms with Crippen molar-refractivity contribution in [3.63, 3.8) is 0 Å². The first-order valence-corrected chi connectivity index (χ1v) is 9.19. The minimum Gasteiger partial charge on any atom is -0.352 e. The number of amides is 1. The molecule has 0 bridgehead atoms. The lowest BCUT2D eigenvalue weighted by Gasteiger charge is -2.36. The van der Waals surface area contributed by atoms with E-state index >= 15 is 0 Å². The first-order chi connectivity index (χ1) is 10.3. The van der Waals surface area contributed by atoms with Gasteiger partial charge in [-0.2, -0.15) is 0 Å². The number of rotatable bonds is 4. The van der Waals surface area contributed by atoms with Crippen LogP contribution in [0.25, 0.3) is 0 Å². The Morgan fingerprint density at radius 3 is 2.76 bits per heavy atom. The Morgan fingerprint density at radius 1 is 1.29 bits per heavy atom. The van der Waals surface area contributed by atoms with Crippen LogP contribution < -0.4 is 11.1 Å². The van der Waals surface area contributed by atoms with Crippen LogP contribution in [0.3, 0.4) is 0 Å². The molecule has 2 aliphatic carbocycles. The third-order valence-corrected chi connectivity index (χ3v) is 6.49. The standard InChI is InChI=1S/C17H26N2OS/c18-12-13-6-4-7-14(13)19-16(20)17(9-2-1-3-10-17)15-8-5-11-21-15/h5,8,11,13-14H,1-4,6-7,9-10,12,18H2,(H,19,20). The lowest BCUT2D eigenvalue weighted by molar-refractivity contribution is -0.128. The van der Waals surface area contributed by atoms with Crippen LogP contribution in [0.1, 0.15) is 56.2 Å². The van der Waals surface area contributed by atoms with Crippen molar-refractivity contribution in [2.24, 2.45) is 11.7 Å². The molecular formula is C17H26N2OS. The van der Waals surface area contributed by atoms with E-state index in [9.17, 15) is 4.79 Å². The van der Waals surface area contributed by atoms with Crippen molar-refractivity contribution in [3.05, 3.63) is 22.4 Å². The van der Waals surface area contributed by atoms with Gasteiger partial charge in [-0.25, -0.2) is 0 Å². The van der Waals surface area contributed by atoms with Crippen LogP contribution in [-0.4, -0.2) is 18.5 Å². The fraction of sp³-hybridized carbons (Fsp3) is 0.706. The van der Waals surface area contributed by atoms with Crippen molar-refractivity contribution in [1.29, 1.82) is 0 Å². The predicted molar refractivity (Wildman–Crippen MR) is 87.4 cm³/mol. The minimum absolute atomic E-state index is 0.259. The third-order valence-electron chi connectivity index (χ3n) is 5.41. The summed E-state index contributed by atoms with van der Waals surface area (Å²) in [4.78, 5) is 14.3. The molecule has 1 aromatic rings. The first-order valence-electron chi connectivity index (χ1n) is 8.31. The summed E-state index contributed by atoms with van der Waals surface area (Å²) in [5.41, 5.74) is 5.59. The summed E-state index contributed by atoms with van der Waals surface area (Å²) in [5.74, 6) is 0.730. The highest BCUT2D eigenvalue weighted by atomic mass is 32.1.